The van der Waals surface area contributed by atoms with Gasteiger partial charge in [-0.25, -0.2) is 0 Å². The minimum absolute atomic E-state index is 0.0372. The first-order chi connectivity index (χ1) is 9.31. The first-order valence-electron chi connectivity index (χ1n) is 6.24. The van der Waals surface area contributed by atoms with E-state index < -0.39 is 0 Å². The number of aromatic nitrogens is 2. The van der Waals surface area contributed by atoms with Crippen molar-refractivity contribution < 1.29 is 14.0 Å². The van der Waals surface area contributed by atoms with Gasteiger partial charge in [-0.15, -0.1) is 0 Å². The number of nitrogens with two attached hydrogens (primary N) is 1. The molecule has 1 atom stereocenters. The molecule has 6 nitrogen and oxygen atoms in total. The summed E-state index contributed by atoms with van der Waals surface area (Å²) in [4.78, 5) is 4.27. The zero-order valence-electron chi connectivity index (χ0n) is 10.4. The molecule has 100 valence electrons. The van der Waals surface area contributed by atoms with Gasteiger partial charge >= 0.3 is 0 Å². The molecular weight excluding hydrogens is 246 g/mol. The third-order valence-corrected chi connectivity index (χ3v) is 2.92. The Balaban J connectivity index is 1.61. The normalized spacial score (nSPS) is 18.6. The van der Waals surface area contributed by atoms with Crippen LogP contribution in [0.15, 0.2) is 28.8 Å². The number of hydrogen-bond donors (Lipinski definition) is 1. The van der Waals surface area contributed by atoms with Crippen molar-refractivity contribution in [3.63, 3.8) is 0 Å². The van der Waals surface area contributed by atoms with E-state index in [1.54, 1.807) is 12.1 Å². The van der Waals surface area contributed by atoms with E-state index in [0.717, 1.165) is 19.4 Å². The fourth-order valence-electron chi connectivity index (χ4n) is 1.99. The molecule has 1 aliphatic heterocycles. The van der Waals surface area contributed by atoms with Crippen LogP contribution >= 0.6 is 0 Å². The molecule has 0 amide bonds. The summed E-state index contributed by atoms with van der Waals surface area (Å²) in [5.41, 5.74) is 6.32. The maximum Gasteiger partial charge on any atom is 0.264 e. The Labute approximate surface area is 110 Å². The van der Waals surface area contributed by atoms with Gasteiger partial charge in [0.05, 0.1) is 0 Å². The molecule has 0 aliphatic carbocycles. The van der Waals surface area contributed by atoms with Gasteiger partial charge in [0.2, 0.25) is 5.82 Å². The van der Waals surface area contributed by atoms with Crippen molar-refractivity contribution in [2.45, 2.75) is 25.6 Å². The van der Waals surface area contributed by atoms with E-state index in [2.05, 4.69) is 10.1 Å². The van der Waals surface area contributed by atoms with Crippen molar-refractivity contribution >= 4 is 5.69 Å². The van der Waals surface area contributed by atoms with E-state index in [4.69, 9.17) is 19.7 Å². The summed E-state index contributed by atoms with van der Waals surface area (Å²) in [7, 11) is 0. The van der Waals surface area contributed by atoms with E-state index in [1.165, 1.54) is 0 Å². The van der Waals surface area contributed by atoms with Gasteiger partial charge < -0.3 is 19.7 Å². The topological polar surface area (TPSA) is 83.4 Å². The Morgan fingerprint density at radius 2 is 2.37 bits per heavy atom. The first kappa shape index (κ1) is 12.0. The lowest BCUT2D eigenvalue weighted by Crippen LogP contribution is -2.00. The van der Waals surface area contributed by atoms with Crippen LogP contribution in [-0.4, -0.2) is 16.7 Å². The number of nitrogens with zero attached hydrogens (tertiary/aromatic N) is 2. The molecule has 0 radical (unpaired) electrons. The van der Waals surface area contributed by atoms with Crippen molar-refractivity contribution in [3.8, 4) is 5.75 Å². The Morgan fingerprint density at radius 1 is 1.42 bits per heavy atom. The van der Waals surface area contributed by atoms with Gasteiger partial charge in [-0.3, -0.25) is 0 Å². The highest BCUT2D eigenvalue weighted by Gasteiger charge is 2.23. The van der Waals surface area contributed by atoms with Gasteiger partial charge in [-0.05, 0) is 25.0 Å². The number of rotatable bonds is 4. The lowest BCUT2D eigenvalue weighted by Gasteiger charge is -2.03. The van der Waals surface area contributed by atoms with Crippen molar-refractivity contribution in [2.75, 3.05) is 12.3 Å². The highest BCUT2D eigenvalue weighted by atomic mass is 16.5. The van der Waals surface area contributed by atoms with Crippen LogP contribution in [0.4, 0.5) is 5.69 Å². The van der Waals surface area contributed by atoms with Crippen LogP contribution in [0.1, 0.15) is 30.7 Å². The Hall–Kier alpha value is -2.08. The molecule has 2 aromatic rings. The zero-order valence-corrected chi connectivity index (χ0v) is 10.4. The smallest absolute Gasteiger partial charge is 0.264 e. The predicted molar refractivity (Wildman–Crippen MR) is 67.4 cm³/mol. The van der Waals surface area contributed by atoms with E-state index in [9.17, 15) is 0 Å². The molecule has 1 fully saturated rings. The minimum atomic E-state index is -0.0372. The lowest BCUT2D eigenvalue weighted by atomic mass is 10.2. The molecule has 3 rings (SSSR count). The summed E-state index contributed by atoms with van der Waals surface area (Å²) in [5.74, 6) is 1.72. The van der Waals surface area contributed by atoms with Gasteiger partial charge in [0.25, 0.3) is 5.89 Å². The summed E-state index contributed by atoms with van der Waals surface area (Å²) in [5, 5.41) is 3.91. The zero-order chi connectivity index (χ0) is 13.1. The average molecular weight is 261 g/mol. The minimum Gasteiger partial charge on any atom is -0.484 e. The number of anilines is 1. The molecule has 1 unspecified atom stereocenters. The maximum absolute atomic E-state index is 5.67. The fraction of sp³-hybridized carbons (Fsp3) is 0.385. The second-order valence-corrected chi connectivity index (χ2v) is 4.41. The number of nitrogen functional groups attached to an aromatic ring is 1. The van der Waals surface area contributed by atoms with Crippen LogP contribution in [-0.2, 0) is 11.3 Å². The molecule has 6 heteroatoms. The Kier molecular flexibility index (Phi) is 3.33. The maximum atomic E-state index is 5.67. The lowest BCUT2D eigenvalue weighted by molar-refractivity contribution is 0.103. The standard InChI is InChI=1S/C13H15N3O3/c14-9-3-1-4-10(7-9)18-8-12-15-13(16-19-12)11-5-2-6-17-11/h1,3-4,7,11H,2,5-6,8,14H2. The fourth-order valence-corrected chi connectivity index (χ4v) is 1.99. The molecule has 1 aromatic carbocycles. The number of ether oxygens (including phenoxy) is 2. The third kappa shape index (κ3) is 2.85. The summed E-state index contributed by atoms with van der Waals surface area (Å²) in [6.07, 6.45) is 1.94. The van der Waals surface area contributed by atoms with Gasteiger partial charge in [-0.1, -0.05) is 11.2 Å². The van der Waals surface area contributed by atoms with Crippen molar-refractivity contribution in [3.05, 3.63) is 36.0 Å². The molecule has 0 saturated carbocycles. The van der Waals surface area contributed by atoms with Crippen LogP contribution in [0, 0.1) is 0 Å². The van der Waals surface area contributed by atoms with Crippen LogP contribution in [0.5, 0.6) is 5.75 Å². The molecule has 19 heavy (non-hydrogen) atoms. The molecule has 0 bridgehead atoms. The monoisotopic (exact) mass is 261 g/mol. The molecule has 2 N–H and O–H groups in total. The van der Waals surface area contributed by atoms with Crippen molar-refractivity contribution in [2.24, 2.45) is 0 Å². The summed E-state index contributed by atoms with van der Waals surface area (Å²) < 4.78 is 16.2. The highest BCUT2D eigenvalue weighted by Crippen LogP contribution is 2.26. The Bertz CT molecular complexity index is 550. The van der Waals surface area contributed by atoms with Crippen LogP contribution in [0.25, 0.3) is 0 Å². The Morgan fingerprint density at radius 3 is 3.16 bits per heavy atom. The second kappa shape index (κ2) is 5.27. The first-order valence-corrected chi connectivity index (χ1v) is 6.24. The average Bonchev–Trinajstić information content (AvgIpc) is 3.07. The highest BCUT2D eigenvalue weighted by molar-refractivity contribution is 5.43. The largest absolute Gasteiger partial charge is 0.484 e. The van der Waals surface area contributed by atoms with Gasteiger partial charge in [0, 0.05) is 18.4 Å². The molecule has 1 aliphatic rings. The molecule has 1 aromatic heterocycles. The molecule has 0 spiro atoms. The van der Waals surface area contributed by atoms with Gasteiger partial charge in [0.1, 0.15) is 11.9 Å². The van der Waals surface area contributed by atoms with E-state index >= 15 is 0 Å². The van der Waals surface area contributed by atoms with E-state index in [1.807, 2.05) is 12.1 Å². The quantitative estimate of drug-likeness (QED) is 0.848. The summed E-state index contributed by atoms with van der Waals surface area (Å²) >= 11 is 0. The summed E-state index contributed by atoms with van der Waals surface area (Å²) in [6, 6.07) is 7.20. The predicted octanol–water partition coefficient (Wildman–Crippen LogP) is 2.08. The number of benzene rings is 1. The SMILES string of the molecule is Nc1cccc(OCc2nc(C3CCCO3)no2)c1. The van der Waals surface area contributed by atoms with Crippen molar-refractivity contribution in [1.29, 1.82) is 0 Å². The van der Waals surface area contributed by atoms with Gasteiger partial charge in [0.15, 0.2) is 6.61 Å². The third-order valence-electron chi connectivity index (χ3n) is 2.92. The second-order valence-electron chi connectivity index (χ2n) is 4.41. The molecular formula is C13H15N3O3. The van der Waals surface area contributed by atoms with E-state index in [-0.39, 0.29) is 12.7 Å². The van der Waals surface area contributed by atoms with Crippen LogP contribution in [0.2, 0.25) is 0 Å². The molecule has 1 saturated heterocycles. The van der Waals surface area contributed by atoms with Crippen LogP contribution < -0.4 is 10.5 Å². The van der Waals surface area contributed by atoms with Gasteiger partial charge in [-0.2, -0.15) is 4.98 Å². The van der Waals surface area contributed by atoms with Crippen LogP contribution in [0.3, 0.4) is 0 Å². The summed E-state index contributed by atoms with van der Waals surface area (Å²) in [6.45, 7) is 0.984. The molecule has 2 heterocycles. The number of hydrogen-bond acceptors (Lipinski definition) is 6. The van der Waals surface area contributed by atoms with E-state index in [0.29, 0.717) is 23.2 Å². The van der Waals surface area contributed by atoms with Crippen molar-refractivity contribution in [1.82, 2.24) is 10.1 Å².